The lowest BCUT2D eigenvalue weighted by atomic mass is 10.2. The third-order valence-corrected chi connectivity index (χ3v) is 2.61. The molecule has 0 aromatic heterocycles. The minimum absolute atomic E-state index is 0.0741. The standard InChI is InChI=1S/C11H16N2O4/c1-3-12(4-2)13(6-5-10(15)16)8-7-9(14)11(8)17/h7H,3-6H2,1-2H3,(H,15,16). The number of rotatable bonds is 7. The van der Waals surface area contributed by atoms with Crippen LogP contribution >= 0.6 is 0 Å². The van der Waals surface area contributed by atoms with Crippen LogP contribution in [0.1, 0.15) is 20.3 Å². The first-order chi connectivity index (χ1) is 8.01. The van der Waals surface area contributed by atoms with E-state index in [4.69, 9.17) is 5.11 Å². The van der Waals surface area contributed by atoms with Gasteiger partial charge >= 0.3 is 5.97 Å². The van der Waals surface area contributed by atoms with Crippen molar-refractivity contribution < 1.29 is 9.90 Å². The highest BCUT2D eigenvalue weighted by atomic mass is 16.4. The van der Waals surface area contributed by atoms with Crippen LogP contribution in [-0.2, 0) is 4.79 Å². The Balaban J connectivity index is 2.87. The van der Waals surface area contributed by atoms with Crippen molar-refractivity contribution in [3.05, 3.63) is 26.5 Å². The maximum absolute atomic E-state index is 11.4. The predicted molar refractivity (Wildman–Crippen MR) is 63.9 cm³/mol. The van der Waals surface area contributed by atoms with E-state index in [-0.39, 0.29) is 13.0 Å². The van der Waals surface area contributed by atoms with Gasteiger partial charge in [0.25, 0.3) is 0 Å². The Labute approximate surface area is 98.7 Å². The first kappa shape index (κ1) is 13.4. The number of hydrogen-bond acceptors (Lipinski definition) is 5. The third kappa shape index (κ3) is 2.91. The smallest absolute Gasteiger partial charge is 0.305 e. The number of aliphatic carboxylic acids is 1. The van der Waals surface area contributed by atoms with Crippen molar-refractivity contribution >= 4 is 11.7 Å². The van der Waals surface area contributed by atoms with Crippen LogP contribution in [0.25, 0.3) is 0 Å². The quantitative estimate of drug-likeness (QED) is 0.526. The number of hydrazine groups is 1. The van der Waals surface area contributed by atoms with Gasteiger partial charge < -0.3 is 10.1 Å². The highest BCUT2D eigenvalue weighted by molar-refractivity contribution is 5.67. The summed E-state index contributed by atoms with van der Waals surface area (Å²) >= 11 is 0. The number of hydrogen-bond donors (Lipinski definition) is 1. The van der Waals surface area contributed by atoms with Gasteiger partial charge in [-0.2, -0.15) is 0 Å². The van der Waals surface area contributed by atoms with Crippen LogP contribution in [0.3, 0.4) is 0 Å². The minimum atomic E-state index is -0.930. The summed E-state index contributed by atoms with van der Waals surface area (Å²) in [4.78, 5) is 32.8. The van der Waals surface area contributed by atoms with E-state index < -0.39 is 16.8 Å². The Morgan fingerprint density at radius 3 is 2.24 bits per heavy atom. The SMILES string of the molecule is CCN(CC)N(CCC(=O)O)c1cc(=O)c1=O. The van der Waals surface area contributed by atoms with Crippen LogP contribution in [0.4, 0.5) is 5.69 Å². The van der Waals surface area contributed by atoms with E-state index in [0.29, 0.717) is 18.8 Å². The normalized spacial score (nSPS) is 11.0. The zero-order chi connectivity index (χ0) is 13.0. The monoisotopic (exact) mass is 240 g/mol. The topological polar surface area (TPSA) is 77.9 Å². The Bertz CT molecular complexity index is 458. The summed E-state index contributed by atoms with van der Waals surface area (Å²) in [5.74, 6) is -0.930. The fourth-order valence-electron chi connectivity index (χ4n) is 1.68. The lowest BCUT2D eigenvalue weighted by Crippen LogP contribution is -2.49. The van der Waals surface area contributed by atoms with Gasteiger partial charge in [0.1, 0.15) is 5.69 Å². The molecule has 0 saturated carbocycles. The van der Waals surface area contributed by atoms with E-state index in [1.54, 1.807) is 5.01 Å². The summed E-state index contributed by atoms with van der Waals surface area (Å²) in [6, 6.07) is 1.25. The summed E-state index contributed by atoms with van der Waals surface area (Å²) in [7, 11) is 0. The van der Waals surface area contributed by atoms with E-state index in [2.05, 4.69) is 0 Å². The zero-order valence-electron chi connectivity index (χ0n) is 9.97. The first-order valence-electron chi connectivity index (χ1n) is 5.55. The van der Waals surface area contributed by atoms with Crippen molar-refractivity contribution in [2.75, 3.05) is 24.6 Å². The largest absolute Gasteiger partial charge is 0.481 e. The van der Waals surface area contributed by atoms with Gasteiger partial charge in [-0.05, 0) is 0 Å². The second-order valence-electron chi connectivity index (χ2n) is 3.63. The molecule has 0 radical (unpaired) electrons. The van der Waals surface area contributed by atoms with E-state index >= 15 is 0 Å². The number of anilines is 1. The van der Waals surface area contributed by atoms with Gasteiger partial charge in [0.15, 0.2) is 0 Å². The molecule has 0 spiro atoms. The molecule has 0 unspecified atom stereocenters. The van der Waals surface area contributed by atoms with Crippen LogP contribution in [0.15, 0.2) is 15.7 Å². The van der Waals surface area contributed by atoms with Gasteiger partial charge in [-0.3, -0.25) is 14.4 Å². The number of carbonyl (C=O) groups is 1. The van der Waals surface area contributed by atoms with E-state index in [1.165, 1.54) is 6.07 Å². The van der Waals surface area contributed by atoms with Gasteiger partial charge in [0, 0.05) is 25.7 Å². The van der Waals surface area contributed by atoms with Crippen molar-refractivity contribution in [2.45, 2.75) is 20.3 Å². The first-order valence-corrected chi connectivity index (χ1v) is 5.55. The molecule has 0 aliphatic carbocycles. The summed E-state index contributed by atoms with van der Waals surface area (Å²) in [6.45, 7) is 5.30. The molecule has 6 nitrogen and oxygen atoms in total. The van der Waals surface area contributed by atoms with Gasteiger partial charge in [0.2, 0.25) is 10.9 Å². The maximum Gasteiger partial charge on any atom is 0.305 e. The van der Waals surface area contributed by atoms with Gasteiger partial charge in [0.05, 0.1) is 6.42 Å². The fraction of sp³-hybridized carbons (Fsp3) is 0.545. The average molecular weight is 240 g/mol. The van der Waals surface area contributed by atoms with Gasteiger partial charge in [-0.15, -0.1) is 0 Å². The van der Waals surface area contributed by atoms with Crippen LogP contribution in [0.2, 0.25) is 0 Å². The minimum Gasteiger partial charge on any atom is -0.481 e. The van der Waals surface area contributed by atoms with Gasteiger partial charge in [-0.25, -0.2) is 5.01 Å². The maximum atomic E-state index is 11.4. The summed E-state index contributed by atoms with van der Waals surface area (Å²) in [6.07, 6.45) is -0.0741. The van der Waals surface area contributed by atoms with Crippen LogP contribution in [-0.4, -0.2) is 35.7 Å². The molecule has 0 aliphatic heterocycles. The van der Waals surface area contributed by atoms with E-state index in [0.717, 1.165) is 0 Å². The molecule has 0 atom stereocenters. The molecule has 0 heterocycles. The lowest BCUT2D eigenvalue weighted by Gasteiger charge is -2.34. The van der Waals surface area contributed by atoms with E-state index in [1.807, 2.05) is 18.9 Å². The van der Waals surface area contributed by atoms with Crippen molar-refractivity contribution in [3.8, 4) is 0 Å². The van der Waals surface area contributed by atoms with Gasteiger partial charge in [-0.1, -0.05) is 13.8 Å². The molecular formula is C11H16N2O4. The molecule has 0 saturated heterocycles. The second kappa shape index (κ2) is 5.58. The summed E-state index contributed by atoms with van der Waals surface area (Å²) in [5, 5.41) is 12.1. The molecule has 6 heteroatoms. The Morgan fingerprint density at radius 2 is 1.88 bits per heavy atom. The molecule has 1 rings (SSSR count). The molecule has 17 heavy (non-hydrogen) atoms. The molecule has 0 amide bonds. The molecule has 1 aromatic carbocycles. The molecular weight excluding hydrogens is 224 g/mol. The van der Waals surface area contributed by atoms with Crippen molar-refractivity contribution in [1.82, 2.24) is 5.01 Å². The van der Waals surface area contributed by atoms with Crippen LogP contribution < -0.4 is 15.9 Å². The van der Waals surface area contributed by atoms with E-state index in [9.17, 15) is 14.4 Å². The lowest BCUT2D eigenvalue weighted by molar-refractivity contribution is -0.136. The van der Waals surface area contributed by atoms with Crippen molar-refractivity contribution in [2.24, 2.45) is 0 Å². The third-order valence-electron chi connectivity index (χ3n) is 2.61. The summed E-state index contributed by atoms with van der Waals surface area (Å²) < 4.78 is 0. The van der Waals surface area contributed by atoms with Crippen LogP contribution in [0, 0.1) is 0 Å². The Hall–Kier alpha value is -1.69. The number of nitrogens with zero attached hydrogens (tertiary/aromatic N) is 2. The molecule has 1 aromatic rings. The summed E-state index contributed by atoms with van der Waals surface area (Å²) in [5.41, 5.74) is -0.769. The molecule has 1 N–H and O–H groups in total. The molecule has 94 valence electrons. The highest BCUT2D eigenvalue weighted by Crippen LogP contribution is 2.11. The zero-order valence-corrected chi connectivity index (χ0v) is 9.97. The average Bonchev–Trinajstić information content (AvgIpc) is 2.31. The predicted octanol–water partition coefficient (Wildman–Crippen LogP) is -0.180. The Kier molecular flexibility index (Phi) is 4.39. The molecule has 0 aliphatic rings. The molecule has 0 fully saturated rings. The fourth-order valence-corrected chi connectivity index (χ4v) is 1.68. The number of carboxylic acid groups (broad SMARTS) is 1. The van der Waals surface area contributed by atoms with Crippen LogP contribution in [0.5, 0.6) is 0 Å². The molecule has 0 bridgehead atoms. The van der Waals surface area contributed by atoms with Crippen molar-refractivity contribution in [3.63, 3.8) is 0 Å². The second-order valence-corrected chi connectivity index (χ2v) is 3.63. The highest BCUT2D eigenvalue weighted by Gasteiger charge is 2.21. The number of carboxylic acids is 1. The van der Waals surface area contributed by atoms with Crippen molar-refractivity contribution in [1.29, 1.82) is 0 Å². The Morgan fingerprint density at radius 1 is 1.29 bits per heavy atom.